The first kappa shape index (κ1) is 11.1. The lowest BCUT2D eigenvalue weighted by molar-refractivity contribution is -0.120. The molecule has 2 heteroatoms. The lowest BCUT2D eigenvalue weighted by Gasteiger charge is -2.09. The molecule has 0 saturated heterocycles. The Morgan fingerprint density at radius 1 is 1.38 bits per heavy atom. The summed E-state index contributed by atoms with van der Waals surface area (Å²) in [4.78, 5) is 12.0. The molecule has 0 amide bonds. The molecule has 2 nitrogen and oxygen atoms in total. The van der Waals surface area contributed by atoms with Gasteiger partial charge in [0.15, 0.2) is 0 Å². The summed E-state index contributed by atoms with van der Waals surface area (Å²) in [6.07, 6.45) is 5.17. The molecule has 0 radical (unpaired) electrons. The molecular formula is C14H17NO. The normalized spacial score (nSPS) is 23.6. The Balaban J connectivity index is 2.03. The molecule has 16 heavy (non-hydrogen) atoms. The standard InChI is InChI=1S/C14H17NO/c1-10-4-2-3-5-11(10)9-14(16)12-6-7-13(15)8-12/h2-7,12-13H,8-9,15H2,1H3. The van der Waals surface area contributed by atoms with Crippen LogP contribution in [0.3, 0.4) is 0 Å². The molecule has 2 unspecified atom stereocenters. The van der Waals surface area contributed by atoms with Crippen LogP contribution in [0.25, 0.3) is 0 Å². The fourth-order valence-corrected chi connectivity index (χ4v) is 2.09. The predicted molar refractivity (Wildman–Crippen MR) is 65.1 cm³/mol. The van der Waals surface area contributed by atoms with E-state index >= 15 is 0 Å². The van der Waals surface area contributed by atoms with Crippen molar-refractivity contribution in [3.8, 4) is 0 Å². The van der Waals surface area contributed by atoms with E-state index in [0.717, 1.165) is 12.0 Å². The number of carbonyl (C=O) groups is 1. The zero-order chi connectivity index (χ0) is 11.5. The number of nitrogens with two attached hydrogens (primary N) is 1. The lowest BCUT2D eigenvalue weighted by atomic mass is 9.95. The van der Waals surface area contributed by atoms with Gasteiger partial charge in [-0.1, -0.05) is 36.4 Å². The van der Waals surface area contributed by atoms with Crippen LogP contribution in [0.5, 0.6) is 0 Å². The summed E-state index contributed by atoms with van der Waals surface area (Å²) in [5, 5.41) is 0. The second kappa shape index (κ2) is 4.62. The maximum absolute atomic E-state index is 12.0. The van der Waals surface area contributed by atoms with Crippen molar-refractivity contribution in [1.29, 1.82) is 0 Å². The number of allylic oxidation sites excluding steroid dienone is 1. The molecule has 0 saturated carbocycles. The van der Waals surface area contributed by atoms with Gasteiger partial charge in [-0.2, -0.15) is 0 Å². The van der Waals surface area contributed by atoms with Crippen molar-refractivity contribution in [1.82, 2.24) is 0 Å². The van der Waals surface area contributed by atoms with Crippen molar-refractivity contribution in [3.63, 3.8) is 0 Å². The summed E-state index contributed by atoms with van der Waals surface area (Å²) in [5.74, 6) is 0.299. The van der Waals surface area contributed by atoms with E-state index < -0.39 is 0 Å². The summed E-state index contributed by atoms with van der Waals surface area (Å²) in [5.41, 5.74) is 8.06. The molecule has 0 aliphatic heterocycles. The smallest absolute Gasteiger partial charge is 0.144 e. The van der Waals surface area contributed by atoms with Gasteiger partial charge in [0.05, 0.1) is 0 Å². The largest absolute Gasteiger partial charge is 0.324 e. The highest BCUT2D eigenvalue weighted by Gasteiger charge is 2.22. The van der Waals surface area contributed by atoms with Crippen molar-refractivity contribution in [2.45, 2.75) is 25.8 Å². The van der Waals surface area contributed by atoms with Crippen molar-refractivity contribution in [2.75, 3.05) is 0 Å². The first-order valence-corrected chi connectivity index (χ1v) is 5.68. The number of rotatable bonds is 3. The Kier molecular flexibility index (Phi) is 3.20. The zero-order valence-electron chi connectivity index (χ0n) is 9.52. The monoisotopic (exact) mass is 215 g/mol. The summed E-state index contributed by atoms with van der Waals surface area (Å²) in [6, 6.07) is 8.09. The second-order valence-corrected chi connectivity index (χ2v) is 4.46. The average Bonchev–Trinajstić information content (AvgIpc) is 2.68. The lowest BCUT2D eigenvalue weighted by Crippen LogP contribution is -2.20. The molecule has 0 fully saturated rings. The number of hydrogen-bond donors (Lipinski definition) is 1. The fraction of sp³-hybridized carbons (Fsp3) is 0.357. The van der Waals surface area contributed by atoms with Crippen molar-refractivity contribution < 1.29 is 4.79 Å². The van der Waals surface area contributed by atoms with E-state index in [-0.39, 0.29) is 17.7 Å². The first-order chi connectivity index (χ1) is 7.66. The van der Waals surface area contributed by atoms with Crippen LogP contribution in [-0.4, -0.2) is 11.8 Å². The maximum atomic E-state index is 12.0. The molecule has 0 heterocycles. The molecule has 1 aromatic carbocycles. The fourth-order valence-electron chi connectivity index (χ4n) is 2.09. The molecule has 2 rings (SSSR count). The SMILES string of the molecule is Cc1ccccc1CC(=O)C1C=CC(N)C1. The van der Waals surface area contributed by atoms with Crippen LogP contribution >= 0.6 is 0 Å². The Morgan fingerprint density at radius 3 is 2.75 bits per heavy atom. The molecule has 0 aromatic heterocycles. The molecule has 1 aliphatic carbocycles. The number of aryl methyl sites for hydroxylation is 1. The van der Waals surface area contributed by atoms with Crippen LogP contribution in [0.4, 0.5) is 0 Å². The highest BCUT2D eigenvalue weighted by molar-refractivity contribution is 5.85. The molecule has 1 aliphatic rings. The minimum atomic E-state index is 0.0228. The summed E-state index contributed by atoms with van der Waals surface area (Å²) < 4.78 is 0. The third-order valence-electron chi connectivity index (χ3n) is 3.16. The average molecular weight is 215 g/mol. The van der Waals surface area contributed by atoms with Gasteiger partial charge in [-0.15, -0.1) is 0 Å². The zero-order valence-corrected chi connectivity index (χ0v) is 9.52. The van der Waals surface area contributed by atoms with E-state index in [4.69, 9.17) is 5.73 Å². The van der Waals surface area contributed by atoms with Crippen LogP contribution in [-0.2, 0) is 11.2 Å². The molecule has 1 aromatic rings. The van der Waals surface area contributed by atoms with E-state index in [1.54, 1.807) is 0 Å². The number of carbonyl (C=O) groups excluding carboxylic acids is 1. The van der Waals surface area contributed by atoms with Gasteiger partial charge < -0.3 is 5.73 Å². The maximum Gasteiger partial charge on any atom is 0.144 e. The van der Waals surface area contributed by atoms with Crippen LogP contribution < -0.4 is 5.73 Å². The van der Waals surface area contributed by atoms with Gasteiger partial charge >= 0.3 is 0 Å². The molecule has 2 atom stereocenters. The predicted octanol–water partition coefficient (Wildman–Crippen LogP) is 2.01. The Labute approximate surface area is 96.2 Å². The summed E-state index contributed by atoms with van der Waals surface area (Å²) >= 11 is 0. The molecular weight excluding hydrogens is 198 g/mol. The number of hydrogen-bond acceptors (Lipinski definition) is 2. The minimum absolute atomic E-state index is 0.0228. The quantitative estimate of drug-likeness (QED) is 0.784. The Bertz CT molecular complexity index is 422. The first-order valence-electron chi connectivity index (χ1n) is 5.68. The number of ketones is 1. The van der Waals surface area contributed by atoms with E-state index in [2.05, 4.69) is 0 Å². The highest BCUT2D eigenvalue weighted by atomic mass is 16.1. The van der Waals surface area contributed by atoms with Gasteiger partial charge in [-0.05, 0) is 24.5 Å². The van der Waals surface area contributed by atoms with Gasteiger partial charge in [0.25, 0.3) is 0 Å². The topological polar surface area (TPSA) is 43.1 Å². The Morgan fingerprint density at radius 2 is 2.12 bits per heavy atom. The van der Waals surface area contributed by atoms with Gasteiger partial charge in [-0.3, -0.25) is 4.79 Å². The summed E-state index contributed by atoms with van der Waals surface area (Å²) in [6.45, 7) is 2.04. The van der Waals surface area contributed by atoms with Crippen LogP contribution in [0.1, 0.15) is 17.5 Å². The third kappa shape index (κ3) is 2.39. The van der Waals surface area contributed by atoms with Crippen LogP contribution in [0.15, 0.2) is 36.4 Å². The molecule has 0 bridgehead atoms. The Hall–Kier alpha value is -1.41. The van der Waals surface area contributed by atoms with Gasteiger partial charge in [0.2, 0.25) is 0 Å². The van der Waals surface area contributed by atoms with Crippen LogP contribution in [0.2, 0.25) is 0 Å². The molecule has 84 valence electrons. The molecule has 0 spiro atoms. The van der Waals surface area contributed by atoms with E-state index in [0.29, 0.717) is 6.42 Å². The second-order valence-electron chi connectivity index (χ2n) is 4.46. The molecule has 2 N–H and O–H groups in total. The van der Waals surface area contributed by atoms with E-state index in [1.165, 1.54) is 5.56 Å². The number of benzene rings is 1. The van der Waals surface area contributed by atoms with E-state index in [1.807, 2.05) is 43.3 Å². The number of Topliss-reactive ketones (excluding diaryl/α,β-unsaturated/α-hetero) is 1. The van der Waals surface area contributed by atoms with Crippen molar-refractivity contribution >= 4 is 5.78 Å². The van der Waals surface area contributed by atoms with Gasteiger partial charge in [0.1, 0.15) is 5.78 Å². The van der Waals surface area contributed by atoms with Crippen LogP contribution in [0, 0.1) is 12.8 Å². The highest BCUT2D eigenvalue weighted by Crippen LogP contribution is 2.20. The van der Waals surface area contributed by atoms with Gasteiger partial charge in [-0.25, -0.2) is 0 Å². The van der Waals surface area contributed by atoms with E-state index in [9.17, 15) is 4.79 Å². The van der Waals surface area contributed by atoms with Crippen molar-refractivity contribution in [2.24, 2.45) is 11.7 Å². The van der Waals surface area contributed by atoms with Crippen molar-refractivity contribution in [3.05, 3.63) is 47.5 Å². The van der Waals surface area contributed by atoms with Gasteiger partial charge in [0, 0.05) is 18.4 Å². The third-order valence-corrected chi connectivity index (χ3v) is 3.16. The minimum Gasteiger partial charge on any atom is -0.324 e. The summed E-state index contributed by atoms with van der Waals surface area (Å²) in [7, 11) is 0.